The Bertz CT molecular complexity index is 429. The van der Waals surface area contributed by atoms with Gasteiger partial charge in [0.1, 0.15) is 13.2 Å². The Kier molecular flexibility index (Phi) is 7.69. The molecule has 0 radical (unpaired) electrons. The minimum Gasteiger partial charge on any atom is -0.458 e. The second-order valence-corrected chi connectivity index (χ2v) is 4.27. The molecule has 0 aromatic heterocycles. The summed E-state index contributed by atoms with van der Waals surface area (Å²) in [4.78, 5) is 35.5. The zero-order valence-electron chi connectivity index (χ0n) is 12.2. The molecule has 1 unspecified atom stereocenters. The normalized spacial score (nSPS) is 15.4. The van der Waals surface area contributed by atoms with Crippen molar-refractivity contribution in [1.29, 1.82) is 0 Å². The van der Waals surface area contributed by atoms with E-state index in [2.05, 4.69) is 13.2 Å². The number of esters is 2. The third-order valence-corrected chi connectivity index (χ3v) is 2.69. The lowest BCUT2D eigenvalue weighted by Gasteiger charge is -2.26. The van der Waals surface area contributed by atoms with Crippen LogP contribution in [0.15, 0.2) is 25.3 Å². The van der Waals surface area contributed by atoms with E-state index in [4.69, 9.17) is 18.9 Å². The van der Waals surface area contributed by atoms with Crippen molar-refractivity contribution in [3.8, 4) is 0 Å². The van der Waals surface area contributed by atoms with Gasteiger partial charge in [0.05, 0.1) is 13.2 Å². The van der Waals surface area contributed by atoms with Crippen LogP contribution in [0.4, 0.5) is 4.79 Å². The maximum Gasteiger partial charge on any atom is 0.410 e. The number of ether oxygens (including phenoxy) is 4. The Labute approximate surface area is 128 Å². The number of carbonyl (C=O) groups excluding carboxylic acids is 3. The standard InChI is InChI=1S/C14H19NO7/c1-3-12(16)20-9-11(22-13(17)4-2)10-21-14(18)15-5-7-19-8-6-15/h3-4,11H,1-2,5-10H2. The fourth-order valence-corrected chi connectivity index (χ4v) is 1.56. The van der Waals surface area contributed by atoms with E-state index in [0.717, 1.165) is 12.2 Å². The van der Waals surface area contributed by atoms with Crippen molar-refractivity contribution >= 4 is 18.0 Å². The smallest absolute Gasteiger partial charge is 0.410 e. The number of carbonyl (C=O) groups is 3. The molecule has 0 aromatic carbocycles. The third-order valence-electron chi connectivity index (χ3n) is 2.69. The lowest BCUT2D eigenvalue weighted by Crippen LogP contribution is -2.42. The monoisotopic (exact) mass is 313 g/mol. The van der Waals surface area contributed by atoms with Crippen molar-refractivity contribution in [3.05, 3.63) is 25.3 Å². The van der Waals surface area contributed by atoms with Gasteiger partial charge < -0.3 is 23.8 Å². The van der Waals surface area contributed by atoms with Crippen molar-refractivity contribution < 1.29 is 33.3 Å². The molecule has 1 aliphatic heterocycles. The van der Waals surface area contributed by atoms with Crippen LogP contribution in [0.5, 0.6) is 0 Å². The zero-order chi connectivity index (χ0) is 16.4. The fraction of sp³-hybridized carbons (Fsp3) is 0.500. The lowest BCUT2D eigenvalue weighted by molar-refractivity contribution is -0.155. The van der Waals surface area contributed by atoms with Crippen LogP contribution in [0.3, 0.4) is 0 Å². The summed E-state index contributed by atoms with van der Waals surface area (Å²) in [6.45, 7) is 7.78. The molecule has 0 N–H and O–H groups in total. The molecule has 1 fully saturated rings. The van der Waals surface area contributed by atoms with E-state index in [0.29, 0.717) is 26.3 Å². The van der Waals surface area contributed by atoms with Gasteiger partial charge in [-0.25, -0.2) is 14.4 Å². The fourth-order valence-electron chi connectivity index (χ4n) is 1.56. The molecule has 0 aromatic rings. The van der Waals surface area contributed by atoms with E-state index >= 15 is 0 Å². The topological polar surface area (TPSA) is 91.4 Å². The lowest BCUT2D eigenvalue weighted by atomic mass is 10.4. The van der Waals surface area contributed by atoms with Crippen LogP contribution >= 0.6 is 0 Å². The molecular formula is C14H19NO7. The summed E-state index contributed by atoms with van der Waals surface area (Å²) in [6.07, 6.45) is 0.482. The van der Waals surface area contributed by atoms with Crippen LogP contribution in [0.25, 0.3) is 0 Å². The molecule has 8 nitrogen and oxygen atoms in total. The van der Waals surface area contributed by atoms with Gasteiger partial charge in [-0.2, -0.15) is 0 Å². The molecule has 0 aliphatic carbocycles. The highest BCUT2D eigenvalue weighted by Gasteiger charge is 2.22. The van der Waals surface area contributed by atoms with Gasteiger partial charge in [-0.3, -0.25) is 0 Å². The van der Waals surface area contributed by atoms with E-state index in [1.54, 1.807) is 0 Å². The Hall–Kier alpha value is -2.35. The molecule has 1 saturated heterocycles. The van der Waals surface area contributed by atoms with Crippen LogP contribution in [0.1, 0.15) is 0 Å². The summed E-state index contributed by atoms with van der Waals surface area (Å²) in [5, 5.41) is 0. The van der Waals surface area contributed by atoms with Gasteiger partial charge >= 0.3 is 18.0 Å². The van der Waals surface area contributed by atoms with E-state index in [-0.39, 0.29) is 13.2 Å². The summed E-state index contributed by atoms with van der Waals surface area (Å²) in [7, 11) is 0. The molecule has 1 heterocycles. The van der Waals surface area contributed by atoms with Crippen molar-refractivity contribution in [2.45, 2.75) is 6.10 Å². The van der Waals surface area contributed by atoms with E-state index < -0.39 is 24.1 Å². The Morgan fingerprint density at radius 1 is 1.05 bits per heavy atom. The van der Waals surface area contributed by atoms with Gasteiger partial charge in [0.15, 0.2) is 6.10 Å². The predicted molar refractivity (Wildman–Crippen MR) is 75.0 cm³/mol. The molecule has 122 valence electrons. The van der Waals surface area contributed by atoms with Gasteiger partial charge in [-0.05, 0) is 0 Å². The van der Waals surface area contributed by atoms with E-state index in [9.17, 15) is 14.4 Å². The summed E-state index contributed by atoms with van der Waals surface area (Å²) >= 11 is 0. The number of rotatable bonds is 7. The molecule has 0 bridgehead atoms. The number of morpholine rings is 1. The minimum atomic E-state index is -0.917. The van der Waals surface area contributed by atoms with Gasteiger partial charge in [-0.1, -0.05) is 13.2 Å². The number of hydrogen-bond donors (Lipinski definition) is 0. The highest BCUT2D eigenvalue weighted by molar-refractivity contribution is 5.82. The SMILES string of the molecule is C=CC(=O)OCC(COC(=O)N1CCOCC1)OC(=O)C=C. The highest BCUT2D eigenvalue weighted by atomic mass is 16.6. The van der Waals surface area contributed by atoms with Crippen LogP contribution < -0.4 is 0 Å². The second kappa shape index (κ2) is 9.56. The largest absolute Gasteiger partial charge is 0.458 e. The maximum absolute atomic E-state index is 11.8. The average molecular weight is 313 g/mol. The van der Waals surface area contributed by atoms with E-state index in [1.807, 2.05) is 0 Å². The minimum absolute atomic E-state index is 0.236. The number of amides is 1. The first-order valence-corrected chi connectivity index (χ1v) is 6.68. The second-order valence-electron chi connectivity index (χ2n) is 4.27. The third kappa shape index (κ3) is 6.40. The van der Waals surface area contributed by atoms with Gasteiger partial charge in [0.2, 0.25) is 0 Å². The summed E-state index contributed by atoms with van der Waals surface area (Å²) in [5.74, 6) is -1.37. The van der Waals surface area contributed by atoms with Crippen LogP contribution in [-0.2, 0) is 28.5 Å². The molecule has 1 aliphatic rings. The predicted octanol–water partition coefficient (Wildman–Crippen LogP) is 0.282. The van der Waals surface area contributed by atoms with Crippen molar-refractivity contribution in [2.75, 3.05) is 39.5 Å². The number of hydrogen-bond acceptors (Lipinski definition) is 7. The first kappa shape index (κ1) is 17.7. The van der Waals surface area contributed by atoms with Crippen LogP contribution in [0.2, 0.25) is 0 Å². The molecule has 1 rings (SSSR count). The molecule has 1 amide bonds. The molecule has 8 heteroatoms. The first-order chi connectivity index (χ1) is 10.6. The first-order valence-electron chi connectivity index (χ1n) is 6.68. The van der Waals surface area contributed by atoms with Crippen molar-refractivity contribution in [2.24, 2.45) is 0 Å². The Morgan fingerprint density at radius 2 is 1.64 bits per heavy atom. The molecule has 22 heavy (non-hydrogen) atoms. The molecule has 0 spiro atoms. The number of nitrogens with zero attached hydrogens (tertiary/aromatic N) is 1. The van der Waals surface area contributed by atoms with E-state index in [1.165, 1.54) is 4.90 Å². The molecule has 0 saturated carbocycles. The van der Waals surface area contributed by atoms with Crippen LogP contribution in [-0.4, -0.2) is 68.6 Å². The summed E-state index contributed by atoms with van der Waals surface area (Å²) < 4.78 is 19.9. The van der Waals surface area contributed by atoms with Gasteiger partial charge in [0, 0.05) is 25.2 Å². The highest BCUT2D eigenvalue weighted by Crippen LogP contribution is 2.03. The van der Waals surface area contributed by atoms with Gasteiger partial charge in [-0.15, -0.1) is 0 Å². The summed E-state index contributed by atoms with van der Waals surface area (Å²) in [5.41, 5.74) is 0. The molecular weight excluding hydrogens is 294 g/mol. The Morgan fingerprint density at radius 3 is 2.23 bits per heavy atom. The van der Waals surface area contributed by atoms with Gasteiger partial charge in [0.25, 0.3) is 0 Å². The summed E-state index contributed by atoms with van der Waals surface area (Å²) in [6, 6.07) is 0. The average Bonchev–Trinajstić information content (AvgIpc) is 2.57. The van der Waals surface area contributed by atoms with Crippen molar-refractivity contribution in [1.82, 2.24) is 4.90 Å². The Balaban J connectivity index is 2.45. The van der Waals surface area contributed by atoms with Crippen LogP contribution in [0, 0.1) is 0 Å². The maximum atomic E-state index is 11.8. The van der Waals surface area contributed by atoms with Crippen molar-refractivity contribution in [3.63, 3.8) is 0 Å². The quantitative estimate of drug-likeness (QED) is 0.379. The zero-order valence-corrected chi connectivity index (χ0v) is 12.2. The molecule has 1 atom stereocenters.